The maximum absolute atomic E-state index is 12.1. The SMILES string of the molecule is CCOc1cc(CNCCc2ccc(Cl)cc2Cl)c(Br)cc1OCC(=O)NC(C)(C)C. The van der Waals surface area contributed by atoms with E-state index in [0.29, 0.717) is 34.7 Å². The van der Waals surface area contributed by atoms with Crippen LogP contribution in [0.4, 0.5) is 0 Å². The quantitative estimate of drug-likeness (QED) is 0.381. The summed E-state index contributed by atoms with van der Waals surface area (Å²) in [4.78, 5) is 12.1. The molecule has 0 radical (unpaired) electrons. The van der Waals surface area contributed by atoms with Crippen molar-refractivity contribution in [2.75, 3.05) is 19.8 Å². The number of hydrogen-bond donors (Lipinski definition) is 2. The Morgan fingerprint density at radius 3 is 2.42 bits per heavy atom. The lowest BCUT2D eigenvalue weighted by molar-refractivity contribution is -0.124. The predicted molar refractivity (Wildman–Crippen MR) is 131 cm³/mol. The van der Waals surface area contributed by atoms with E-state index in [0.717, 1.165) is 28.6 Å². The molecule has 2 rings (SSSR count). The normalized spacial score (nSPS) is 11.3. The van der Waals surface area contributed by atoms with Crippen LogP contribution in [0.25, 0.3) is 0 Å². The monoisotopic (exact) mass is 530 g/mol. The summed E-state index contributed by atoms with van der Waals surface area (Å²) in [6.45, 7) is 9.49. The Labute approximate surface area is 202 Å². The average molecular weight is 532 g/mol. The summed E-state index contributed by atoms with van der Waals surface area (Å²) in [5.41, 5.74) is 1.76. The van der Waals surface area contributed by atoms with Gasteiger partial charge in [0.25, 0.3) is 5.91 Å². The van der Waals surface area contributed by atoms with Gasteiger partial charge in [0, 0.05) is 26.6 Å². The van der Waals surface area contributed by atoms with Crippen LogP contribution in [0.3, 0.4) is 0 Å². The molecule has 1 amide bonds. The van der Waals surface area contributed by atoms with Crippen molar-refractivity contribution >= 4 is 45.0 Å². The van der Waals surface area contributed by atoms with Crippen LogP contribution in [0.15, 0.2) is 34.8 Å². The molecule has 170 valence electrons. The number of carbonyl (C=O) groups is 1. The lowest BCUT2D eigenvalue weighted by atomic mass is 10.1. The first kappa shape index (κ1) is 25.8. The number of nitrogens with one attached hydrogen (secondary N) is 2. The van der Waals surface area contributed by atoms with Crippen LogP contribution in [0.5, 0.6) is 11.5 Å². The standard InChI is InChI=1S/C23H29BrCl2N2O3/c1-5-30-20-10-16(13-27-9-8-15-6-7-17(25)11-19(15)26)18(24)12-21(20)31-14-22(29)28-23(2,3)4/h6-7,10-12,27H,5,8-9,13-14H2,1-4H3,(H,28,29). The van der Waals surface area contributed by atoms with Crippen LogP contribution < -0.4 is 20.1 Å². The van der Waals surface area contributed by atoms with Crippen molar-refractivity contribution in [2.45, 2.75) is 46.2 Å². The van der Waals surface area contributed by atoms with E-state index >= 15 is 0 Å². The topological polar surface area (TPSA) is 59.6 Å². The number of rotatable bonds is 10. The highest BCUT2D eigenvalue weighted by atomic mass is 79.9. The summed E-state index contributed by atoms with van der Waals surface area (Å²) in [6.07, 6.45) is 0.788. The summed E-state index contributed by atoms with van der Waals surface area (Å²) in [7, 11) is 0. The van der Waals surface area contributed by atoms with Crippen LogP contribution in [-0.4, -0.2) is 31.2 Å². The second-order valence-corrected chi connectivity index (χ2v) is 9.77. The molecule has 0 saturated carbocycles. The molecule has 31 heavy (non-hydrogen) atoms. The van der Waals surface area contributed by atoms with Gasteiger partial charge in [-0.1, -0.05) is 45.2 Å². The maximum Gasteiger partial charge on any atom is 0.258 e. The van der Waals surface area contributed by atoms with Gasteiger partial charge >= 0.3 is 0 Å². The molecule has 0 bridgehead atoms. The summed E-state index contributed by atoms with van der Waals surface area (Å²) in [5.74, 6) is 0.943. The molecule has 0 fully saturated rings. The molecular formula is C23H29BrCl2N2O3. The molecule has 0 aliphatic heterocycles. The third-order valence-corrected chi connectivity index (χ3v) is 5.51. The van der Waals surface area contributed by atoms with Crippen LogP contribution in [0.2, 0.25) is 10.0 Å². The molecule has 0 heterocycles. The third-order valence-electron chi connectivity index (χ3n) is 4.19. The first-order chi connectivity index (χ1) is 14.6. The molecule has 2 N–H and O–H groups in total. The fourth-order valence-electron chi connectivity index (χ4n) is 2.86. The van der Waals surface area contributed by atoms with E-state index in [9.17, 15) is 4.79 Å². The molecule has 2 aromatic carbocycles. The second-order valence-electron chi connectivity index (χ2n) is 8.07. The van der Waals surface area contributed by atoms with Crippen molar-refractivity contribution < 1.29 is 14.3 Å². The van der Waals surface area contributed by atoms with Gasteiger partial charge < -0.3 is 20.1 Å². The molecule has 0 saturated heterocycles. The zero-order valence-electron chi connectivity index (χ0n) is 18.3. The van der Waals surface area contributed by atoms with E-state index in [1.165, 1.54) is 0 Å². The number of benzene rings is 2. The van der Waals surface area contributed by atoms with Crippen molar-refractivity contribution in [1.82, 2.24) is 10.6 Å². The molecule has 0 aromatic heterocycles. The van der Waals surface area contributed by atoms with Gasteiger partial charge in [-0.25, -0.2) is 0 Å². The number of amides is 1. The third kappa shape index (κ3) is 8.89. The maximum atomic E-state index is 12.1. The predicted octanol–water partition coefficient (Wildman–Crippen LogP) is 5.78. The second kappa shape index (κ2) is 12.0. The molecule has 5 nitrogen and oxygen atoms in total. The molecule has 0 unspecified atom stereocenters. The number of hydrogen-bond acceptors (Lipinski definition) is 4. The summed E-state index contributed by atoms with van der Waals surface area (Å²) in [5, 5.41) is 7.60. The van der Waals surface area contributed by atoms with Gasteiger partial charge in [0.1, 0.15) is 0 Å². The van der Waals surface area contributed by atoms with E-state index in [-0.39, 0.29) is 18.1 Å². The Kier molecular flexibility index (Phi) is 9.94. The van der Waals surface area contributed by atoms with Gasteiger partial charge in [-0.05, 0) is 76.1 Å². The van der Waals surface area contributed by atoms with Crippen molar-refractivity contribution in [1.29, 1.82) is 0 Å². The van der Waals surface area contributed by atoms with Crippen molar-refractivity contribution in [2.24, 2.45) is 0 Å². The van der Waals surface area contributed by atoms with Gasteiger partial charge in [-0.3, -0.25) is 4.79 Å². The van der Waals surface area contributed by atoms with Gasteiger partial charge in [0.15, 0.2) is 18.1 Å². The molecule has 0 atom stereocenters. The van der Waals surface area contributed by atoms with Gasteiger partial charge in [0.2, 0.25) is 0 Å². The van der Waals surface area contributed by atoms with Crippen molar-refractivity contribution in [3.8, 4) is 11.5 Å². The van der Waals surface area contributed by atoms with Gasteiger partial charge in [0.05, 0.1) is 6.61 Å². The molecular weight excluding hydrogens is 503 g/mol. The van der Waals surface area contributed by atoms with Gasteiger partial charge in [-0.15, -0.1) is 0 Å². The summed E-state index contributed by atoms with van der Waals surface area (Å²) >= 11 is 15.8. The number of halogens is 3. The highest BCUT2D eigenvalue weighted by Gasteiger charge is 2.16. The zero-order valence-corrected chi connectivity index (χ0v) is 21.4. The molecule has 8 heteroatoms. The van der Waals surface area contributed by atoms with E-state index in [1.54, 1.807) is 6.07 Å². The molecule has 0 aliphatic carbocycles. The first-order valence-electron chi connectivity index (χ1n) is 10.1. The highest BCUT2D eigenvalue weighted by molar-refractivity contribution is 9.10. The smallest absolute Gasteiger partial charge is 0.258 e. The minimum atomic E-state index is -0.310. The molecule has 2 aromatic rings. The van der Waals surface area contributed by atoms with E-state index < -0.39 is 0 Å². The average Bonchev–Trinajstić information content (AvgIpc) is 2.66. The van der Waals surface area contributed by atoms with Gasteiger partial charge in [-0.2, -0.15) is 0 Å². The Morgan fingerprint density at radius 1 is 1.06 bits per heavy atom. The minimum absolute atomic E-state index is 0.0801. The van der Waals surface area contributed by atoms with E-state index in [2.05, 4.69) is 26.6 Å². The van der Waals surface area contributed by atoms with Crippen molar-refractivity contribution in [3.05, 3.63) is 56.0 Å². The Balaban J connectivity index is 1.97. The summed E-state index contributed by atoms with van der Waals surface area (Å²) in [6, 6.07) is 9.30. The largest absolute Gasteiger partial charge is 0.490 e. The zero-order chi connectivity index (χ0) is 23.0. The fraction of sp³-hybridized carbons (Fsp3) is 0.435. The number of ether oxygens (including phenoxy) is 2. The van der Waals surface area contributed by atoms with Crippen LogP contribution in [-0.2, 0) is 17.8 Å². The lowest BCUT2D eigenvalue weighted by Crippen LogP contribution is -2.43. The van der Waals surface area contributed by atoms with Crippen LogP contribution in [0, 0.1) is 0 Å². The number of carbonyl (C=O) groups excluding carboxylic acids is 1. The lowest BCUT2D eigenvalue weighted by Gasteiger charge is -2.21. The van der Waals surface area contributed by atoms with Crippen LogP contribution >= 0.6 is 39.1 Å². The molecule has 0 aliphatic rings. The van der Waals surface area contributed by atoms with Crippen LogP contribution in [0.1, 0.15) is 38.8 Å². The first-order valence-corrected chi connectivity index (χ1v) is 11.7. The fourth-order valence-corrected chi connectivity index (χ4v) is 3.83. The van der Waals surface area contributed by atoms with Crippen molar-refractivity contribution in [3.63, 3.8) is 0 Å². The Morgan fingerprint density at radius 2 is 1.77 bits per heavy atom. The van der Waals surface area contributed by atoms with E-state index in [4.69, 9.17) is 32.7 Å². The highest BCUT2D eigenvalue weighted by Crippen LogP contribution is 2.34. The minimum Gasteiger partial charge on any atom is -0.490 e. The van der Waals surface area contributed by atoms with E-state index in [1.807, 2.05) is 52.0 Å². The Hall–Kier alpha value is -1.47. The Bertz CT molecular complexity index is 901. The summed E-state index contributed by atoms with van der Waals surface area (Å²) < 4.78 is 12.3. The molecule has 0 spiro atoms.